The lowest BCUT2D eigenvalue weighted by molar-refractivity contribution is -0.115. The highest BCUT2D eigenvalue weighted by atomic mass is 32.2. The molecule has 1 heterocycles. The number of nitrogens with zero attached hydrogens (tertiary/aromatic N) is 3. The van der Waals surface area contributed by atoms with Gasteiger partial charge in [-0.3, -0.25) is 4.79 Å². The van der Waals surface area contributed by atoms with Crippen LogP contribution in [-0.4, -0.2) is 32.5 Å². The normalized spacial score (nSPS) is 11.9. The van der Waals surface area contributed by atoms with Crippen molar-refractivity contribution in [2.75, 3.05) is 11.9 Å². The van der Waals surface area contributed by atoms with Gasteiger partial charge < -0.3 is 14.6 Å². The standard InChI is InChI=1S/C20H21FN4O2S/c1-4-27-15-11-9-14(10-12-15)22-19(26)13(2)28-20-24-23-18(25(20)3)16-7-5-6-8-17(16)21/h5-13H,4H2,1-3H3,(H,22,26). The Morgan fingerprint density at radius 2 is 1.93 bits per heavy atom. The first-order chi connectivity index (χ1) is 13.5. The van der Waals surface area contributed by atoms with E-state index in [4.69, 9.17) is 4.74 Å². The van der Waals surface area contributed by atoms with E-state index in [1.807, 2.05) is 6.92 Å². The molecule has 0 radical (unpaired) electrons. The largest absolute Gasteiger partial charge is 0.494 e. The number of carbonyl (C=O) groups is 1. The van der Waals surface area contributed by atoms with Crippen molar-refractivity contribution < 1.29 is 13.9 Å². The predicted octanol–water partition coefficient (Wildman–Crippen LogP) is 4.14. The number of halogens is 1. The molecule has 8 heteroatoms. The van der Waals surface area contributed by atoms with Gasteiger partial charge in [-0.1, -0.05) is 23.9 Å². The maximum absolute atomic E-state index is 14.0. The number of hydrogen-bond donors (Lipinski definition) is 1. The summed E-state index contributed by atoms with van der Waals surface area (Å²) in [6, 6.07) is 13.6. The Bertz CT molecular complexity index is 959. The summed E-state index contributed by atoms with van der Waals surface area (Å²) in [5.41, 5.74) is 1.06. The smallest absolute Gasteiger partial charge is 0.237 e. The van der Waals surface area contributed by atoms with Crippen LogP contribution in [0, 0.1) is 5.82 Å². The average molecular weight is 400 g/mol. The van der Waals surface area contributed by atoms with Gasteiger partial charge in [0.2, 0.25) is 5.91 Å². The van der Waals surface area contributed by atoms with Crippen molar-refractivity contribution >= 4 is 23.4 Å². The van der Waals surface area contributed by atoms with Crippen molar-refractivity contribution in [3.63, 3.8) is 0 Å². The molecule has 6 nitrogen and oxygen atoms in total. The molecular formula is C20H21FN4O2S. The third kappa shape index (κ3) is 4.51. The molecule has 0 saturated heterocycles. The Morgan fingerprint density at radius 1 is 1.21 bits per heavy atom. The van der Waals surface area contributed by atoms with Crippen molar-refractivity contribution in [2.24, 2.45) is 7.05 Å². The summed E-state index contributed by atoms with van der Waals surface area (Å²) in [7, 11) is 1.75. The van der Waals surface area contributed by atoms with Crippen LogP contribution in [0.3, 0.4) is 0 Å². The minimum Gasteiger partial charge on any atom is -0.494 e. The van der Waals surface area contributed by atoms with Gasteiger partial charge in [0.15, 0.2) is 11.0 Å². The van der Waals surface area contributed by atoms with Crippen molar-refractivity contribution in [1.29, 1.82) is 0 Å². The summed E-state index contributed by atoms with van der Waals surface area (Å²) in [5.74, 6) is 0.642. The van der Waals surface area contributed by atoms with E-state index in [0.29, 0.717) is 28.8 Å². The molecule has 3 aromatic rings. The monoisotopic (exact) mass is 400 g/mol. The highest BCUT2D eigenvalue weighted by Crippen LogP contribution is 2.27. The molecule has 1 atom stereocenters. The number of amides is 1. The van der Waals surface area contributed by atoms with Crippen LogP contribution in [0.15, 0.2) is 53.7 Å². The Hall–Kier alpha value is -2.87. The summed E-state index contributed by atoms with van der Waals surface area (Å²) in [6.45, 7) is 4.29. The summed E-state index contributed by atoms with van der Waals surface area (Å²) in [4.78, 5) is 12.5. The number of anilines is 1. The summed E-state index contributed by atoms with van der Waals surface area (Å²) in [6.07, 6.45) is 0. The van der Waals surface area contributed by atoms with E-state index >= 15 is 0 Å². The maximum Gasteiger partial charge on any atom is 0.237 e. The van der Waals surface area contributed by atoms with Gasteiger partial charge in [0.25, 0.3) is 0 Å². The molecule has 2 aromatic carbocycles. The van der Waals surface area contributed by atoms with Gasteiger partial charge in [0, 0.05) is 12.7 Å². The fourth-order valence-corrected chi connectivity index (χ4v) is 3.37. The molecule has 1 N–H and O–H groups in total. The van der Waals surface area contributed by atoms with E-state index < -0.39 is 5.25 Å². The first-order valence-corrected chi connectivity index (χ1v) is 9.72. The number of hydrogen-bond acceptors (Lipinski definition) is 5. The Kier molecular flexibility index (Phi) is 6.30. The number of ether oxygens (including phenoxy) is 1. The molecule has 3 rings (SSSR count). The van der Waals surface area contributed by atoms with Crippen LogP contribution < -0.4 is 10.1 Å². The number of carbonyl (C=O) groups excluding carboxylic acids is 1. The molecule has 146 valence electrons. The van der Waals surface area contributed by atoms with Gasteiger partial charge >= 0.3 is 0 Å². The number of rotatable bonds is 7. The zero-order valence-corrected chi connectivity index (χ0v) is 16.7. The maximum atomic E-state index is 14.0. The zero-order valence-electron chi connectivity index (χ0n) is 15.8. The predicted molar refractivity (Wildman–Crippen MR) is 108 cm³/mol. The van der Waals surface area contributed by atoms with Gasteiger partial charge in [0.1, 0.15) is 11.6 Å². The second-order valence-electron chi connectivity index (χ2n) is 6.05. The minimum absolute atomic E-state index is 0.162. The van der Waals surface area contributed by atoms with Crippen molar-refractivity contribution in [3.05, 3.63) is 54.3 Å². The van der Waals surface area contributed by atoms with Gasteiger partial charge in [-0.15, -0.1) is 10.2 Å². The highest BCUT2D eigenvalue weighted by Gasteiger charge is 2.20. The van der Waals surface area contributed by atoms with Gasteiger partial charge in [-0.05, 0) is 50.2 Å². The van der Waals surface area contributed by atoms with E-state index in [1.165, 1.54) is 17.8 Å². The summed E-state index contributed by atoms with van der Waals surface area (Å²) >= 11 is 1.26. The molecule has 0 aliphatic carbocycles. The topological polar surface area (TPSA) is 69.0 Å². The lowest BCUT2D eigenvalue weighted by Gasteiger charge is -2.12. The van der Waals surface area contributed by atoms with Crippen LogP contribution in [0.25, 0.3) is 11.4 Å². The van der Waals surface area contributed by atoms with Crippen LogP contribution in [0.5, 0.6) is 5.75 Å². The van der Waals surface area contributed by atoms with E-state index in [0.717, 1.165) is 5.75 Å². The van der Waals surface area contributed by atoms with Crippen LogP contribution in [-0.2, 0) is 11.8 Å². The second-order valence-corrected chi connectivity index (χ2v) is 7.36. The van der Waals surface area contributed by atoms with E-state index in [1.54, 1.807) is 61.0 Å². The van der Waals surface area contributed by atoms with Crippen LogP contribution in [0.4, 0.5) is 10.1 Å². The fraction of sp³-hybridized carbons (Fsp3) is 0.250. The molecule has 0 fully saturated rings. The third-order valence-corrected chi connectivity index (χ3v) is 5.17. The van der Waals surface area contributed by atoms with Crippen LogP contribution in [0.2, 0.25) is 0 Å². The van der Waals surface area contributed by atoms with Crippen molar-refractivity contribution in [3.8, 4) is 17.1 Å². The van der Waals surface area contributed by atoms with Gasteiger partial charge in [-0.2, -0.15) is 0 Å². The van der Waals surface area contributed by atoms with Crippen LogP contribution in [0.1, 0.15) is 13.8 Å². The Labute approximate surface area is 167 Å². The minimum atomic E-state index is -0.414. The molecule has 1 amide bonds. The zero-order chi connectivity index (χ0) is 20.1. The molecule has 0 aliphatic rings. The van der Waals surface area contributed by atoms with Gasteiger partial charge in [-0.25, -0.2) is 4.39 Å². The first-order valence-electron chi connectivity index (χ1n) is 8.84. The molecule has 28 heavy (non-hydrogen) atoms. The molecule has 0 aliphatic heterocycles. The number of benzene rings is 2. The number of nitrogens with one attached hydrogen (secondary N) is 1. The quantitative estimate of drug-likeness (QED) is 0.604. The number of aromatic nitrogens is 3. The lowest BCUT2D eigenvalue weighted by atomic mass is 10.2. The lowest BCUT2D eigenvalue weighted by Crippen LogP contribution is -2.22. The summed E-state index contributed by atoms with van der Waals surface area (Å²) < 4.78 is 21.1. The Morgan fingerprint density at radius 3 is 2.61 bits per heavy atom. The second kappa shape index (κ2) is 8.88. The highest BCUT2D eigenvalue weighted by molar-refractivity contribution is 8.00. The van der Waals surface area contributed by atoms with Crippen LogP contribution >= 0.6 is 11.8 Å². The third-order valence-electron chi connectivity index (χ3n) is 4.03. The van der Waals surface area contributed by atoms with Crippen molar-refractivity contribution in [1.82, 2.24) is 14.8 Å². The van der Waals surface area contributed by atoms with Crippen molar-refractivity contribution in [2.45, 2.75) is 24.3 Å². The molecular weight excluding hydrogens is 379 g/mol. The molecule has 0 bridgehead atoms. The molecule has 1 unspecified atom stereocenters. The van der Waals surface area contributed by atoms with E-state index in [2.05, 4.69) is 15.5 Å². The first kappa shape index (κ1) is 19.9. The summed E-state index contributed by atoms with van der Waals surface area (Å²) in [5, 5.41) is 11.2. The van der Waals surface area contributed by atoms with E-state index in [-0.39, 0.29) is 11.7 Å². The number of thioether (sulfide) groups is 1. The molecule has 0 spiro atoms. The average Bonchev–Trinajstić information content (AvgIpc) is 3.04. The van der Waals surface area contributed by atoms with E-state index in [9.17, 15) is 9.18 Å². The Balaban J connectivity index is 1.67. The fourth-order valence-electron chi connectivity index (χ4n) is 2.55. The molecule has 0 saturated carbocycles. The SMILES string of the molecule is CCOc1ccc(NC(=O)C(C)Sc2nnc(-c3ccccc3F)n2C)cc1. The van der Waals surface area contributed by atoms with Gasteiger partial charge in [0.05, 0.1) is 17.4 Å². The molecule has 1 aromatic heterocycles.